The smallest absolute Gasteiger partial charge is 0.237 e. The Balaban J connectivity index is 0.00000289. The number of carbonyl (C=O) groups excluding carboxylic acids is 1. The summed E-state index contributed by atoms with van der Waals surface area (Å²) in [6, 6.07) is 1.12. The number of rotatable bonds is 5. The predicted octanol–water partition coefficient (Wildman–Crippen LogP) is 1.35. The average molecular weight is 278 g/mol. The number of likely N-dealkylation sites (tertiary alicyclic amines) is 1. The van der Waals surface area contributed by atoms with Gasteiger partial charge in [0.1, 0.15) is 0 Å². The van der Waals surface area contributed by atoms with Crippen LogP contribution in [0.15, 0.2) is 0 Å². The highest BCUT2D eigenvalue weighted by Gasteiger charge is 2.26. The van der Waals surface area contributed by atoms with E-state index in [0.29, 0.717) is 12.6 Å². The van der Waals surface area contributed by atoms with Crippen molar-refractivity contribution >= 4 is 18.3 Å². The van der Waals surface area contributed by atoms with Gasteiger partial charge in [-0.05, 0) is 41.2 Å². The number of amides is 1. The van der Waals surface area contributed by atoms with Crippen LogP contribution in [0.1, 0.15) is 34.1 Å². The molecule has 1 N–H and O–H groups in total. The number of hydrogen-bond acceptors (Lipinski definition) is 3. The first-order valence-electron chi connectivity index (χ1n) is 6.66. The monoisotopic (exact) mass is 277 g/mol. The molecule has 108 valence electrons. The number of nitrogens with one attached hydrogen (secondary N) is 1. The van der Waals surface area contributed by atoms with Gasteiger partial charge in [-0.2, -0.15) is 0 Å². The molecule has 4 nitrogen and oxygen atoms in total. The Hall–Kier alpha value is -0.320. The summed E-state index contributed by atoms with van der Waals surface area (Å²) >= 11 is 0. The highest BCUT2D eigenvalue weighted by atomic mass is 35.5. The van der Waals surface area contributed by atoms with Crippen molar-refractivity contribution in [1.82, 2.24) is 15.1 Å². The lowest BCUT2D eigenvalue weighted by Crippen LogP contribution is -2.47. The van der Waals surface area contributed by atoms with Crippen LogP contribution in [0.25, 0.3) is 0 Å². The molecule has 18 heavy (non-hydrogen) atoms. The first kappa shape index (κ1) is 17.7. The van der Waals surface area contributed by atoms with Gasteiger partial charge in [-0.3, -0.25) is 9.69 Å². The van der Waals surface area contributed by atoms with Crippen molar-refractivity contribution in [2.24, 2.45) is 0 Å². The Kier molecular flexibility index (Phi) is 7.83. The molecule has 1 aliphatic heterocycles. The topological polar surface area (TPSA) is 35.6 Å². The van der Waals surface area contributed by atoms with Crippen LogP contribution in [0.4, 0.5) is 0 Å². The second kappa shape index (κ2) is 7.97. The zero-order chi connectivity index (χ0) is 13.0. The summed E-state index contributed by atoms with van der Waals surface area (Å²) in [4.78, 5) is 16.5. The molecule has 0 saturated carbocycles. The molecule has 1 saturated heterocycles. The number of nitrogens with zero attached hydrogens (tertiary/aromatic N) is 2. The summed E-state index contributed by atoms with van der Waals surface area (Å²) in [6.07, 6.45) is 1.15. The SMILES string of the molecule is CNC1CCN(CC(=O)N(C(C)C)C(C)C)C1.Cl. The van der Waals surface area contributed by atoms with Crippen molar-refractivity contribution in [3.63, 3.8) is 0 Å². The molecule has 0 bridgehead atoms. The maximum Gasteiger partial charge on any atom is 0.237 e. The van der Waals surface area contributed by atoms with Crippen molar-refractivity contribution in [3.05, 3.63) is 0 Å². The minimum Gasteiger partial charge on any atom is -0.337 e. The lowest BCUT2D eigenvalue weighted by Gasteiger charge is -2.32. The van der Waals surface area contributed by atoms with Gasteiger partial charge in [0.05, 0.1) is 6.54 Å². The zero-order valence-electron chi connectivity index (χ0n) is 12.3. The highest BCUT2D eigenvalue weighted by molar-refractivity contribution is 5.85. The number of carbonyl (C=O) groups is 1. The Morgan fingerprint density at radius 2 is 1.89 bits per heavy atom. The van der Waals surface area contributed by atoms with Gasteiger partial charge in [0, 0.05) is 31.2 Å². The minimum atomic E-state index is 0. The Morgan fingerprint density at radius 1 is 1.33 bits per heavy atom. The van der Waals surface area contributed by atoms with E-state index in [1.54, 1.807) is 0 Å². The van der Waals surface area contributed by atoms with Gasteiger partial charge in [-0.25, -0.2) is 0 Å². The molecule has 0 aromatic rings. The van der Waals surface area contributed by atoms with Crippen LogP contribution in [0.3, 0.4) is 0 Å². The van der Waals surface area contributed by atoms with Gasteiger partial charge < -0.3 is 10.2 Å². The predicted molar refractivity (Wildman–Crippen MR) is 78.3 cm³/mol. The number of likely N-dealkylation sites (N-methyl/N-ethyl adjacent to an activating group) is 1. The quantitative estimate of drug-likeness (QED) is 0.824. The van der Waals surface area contributed by atoms with E-state index in [4.69, 9.17) is 0 Å². The second-order valence-electron chi connectivity index (χ2n) is 5.50. The summed E-state index contributed by atoms with van der Waals surface area (Å²) < 4.78 is 0. The fraction of sp³-hybridized carbons (Fsp3) is 0.923. The van der Waals surface area contributed by atoms with Gasteiger partial charge in [0.25, 0.3) is 0 Å². The van der Waals surface area contributed by atoms with Crippen molar-refractivity contribution in [2.45, 2.75) is 52.2 Å². The number of halogens is 1. The molecule has 0 aromatic heterocycles. The van der Waals surface area contributed by atoms with Crippen molar-refractivity contribution < 1.29 is 4.79 Å². The third-order valence-electron chi connectivity index (χ3n) is 3.44. The highest BCUT2D eigenvalue weighted by Crippen LogP contribution is 2.11. The third kappa shape index (κ3) is 4.75. The Labute approximate surface area is 117 Å². The Bertz CT molecular complexity index is 251. The largest absolute Gasteiger partial charge is 0.337 e. The summed E-state index contributed by atoms with van der Waals surface area (Å²) in [6.45, 7) is 10.9. The molecule has 0 aliphatic carbocycles. The lowest BCUT2D eigenvalue weighted by molar-refractivity contribution is -0.135. The minimum absolute atomic E-state index is 0. The molecule has 1 atom stereocenters. The maximum atomic E-state index is 12.2. The fourth-order valence-electron chi connectivity index (χ4n) is 2.66. The van der Waals surface area contributed by atoms with Gasteiger partial charge in [-0.1, -0.05) is 0 Å². The van der Waals surface area contributed by atoms with Crippen LogP contribution in [0.2, 0.25) is 0 Å². The van der Waals surface area contributed by atoms with Crippen molar-refractivity contribution in [3.8, 4) is 0 Å². The molecular weight excluding hydrogens is 250 g/mol. The number of hydrogen-bond donors (Lipinski definition) is 1. The molecule has 5 heteroatoms. The van der Waals surface area contributed by atoms with E-state index in [9.17, 15) is 4.79 Å². The van der Waals surface area contributed by atoms with E-state index < -0.39 is 0 Å². The third-order valence-corrected chi connectivity index (χ3v) is 3.44. The van der Waals surface area contributed by atoms with Gasteiger partial charge >= 0.3 is 0 Å². The second-order valence-corrected chi connectivity index (χ2v) is 5.50. The zero-order valence-corrected chi connectivity index (χ0v) is 13.1. The molecule has 1 fully saturated rings. The molecule has 1 aliphatic rings. The molecule has 1 rings (SSSR count). The van der Waals surface area contributed by atoms with E-state index >= 15 is 0 Å². The summed E-state index contributed by atoms with van der Waals surface area (Å²) in [5, 5.41) is 3.28. The van der Waals surface area contributed by atoms with E-state index in [-0.39, 0.29) is 30.4 Å². The molecule has 1 amide bonds. The Morgan fingerprint density at radius 3 is 2.28 bits per heavy atom. The fourth-order valence-corrected chi connectivity index (χ4v) is 2.66. The normalized spacial score (nSPS) is 20.3. The van der Waals surface area contributed by atoms with Crippen LogP contribution in [-0.2, 0) is 4.79 Å². The molecule has 1 heterocycles. The summed E-state index contributed by atoms with van der Waals surface area (Å²) in [5.41, 5.74) is 0. The van der Waals surface area contributed by atoms with Crippen LogP contribution >= 0.6 is 12.4 Å². The van der Waals surface area contributed by atoms with E-state index in [0.717, 1.165) is 19.5 Å². The molecule has 0 aromatic carbocycles. The maximum absolute atomic E-state index is 12.2. The van der Waals surface area contributed by atoms with E-state index in [1.165, 1.54) is 0 Å². The van der Waals surface area contributed by atoms with E-state index in [1.807, 2.05) is 11.9 Å². The molecular formula is C13H28ClN3O. The lowest BCUT2D eigenvalue weighted by atomic mass is 10.2. The molecule has 0 radical (unpaired) electrons. The summed E-state index contributed by atoms with van der Waals surface area (Å²) in [7, 11) is 1.99. The van der Waals surface area contributed by atoms with Crippen LogP contribution < -0.4 is 5.32 Å². The van der Waals surface area contributed by atoms with Crippen LogP contribution in [0, 0.1) is 0 Å². The first-order valence-corrected chi connectivity index (χ1v) is 6.66. The van der Waals surface area contributed by atoms with Crippen LogP contribution in [0.5, 0.6) is 0 Å². The van der Waals surface area contributed by atoms with Crippen molar-refractivity contribution in [2.75, 3.05) is 26.7 Å². The first-order chi connectivity index (χ1) is 7.95. The summed E-state index contributed by atoms with van der Waals surface area (Å²) in [5.74, 6) is 0.256. The van der Waals surface area contributed by atoms with Crippen molar-refractivity contribution in [1.29, 1.82) is 0 Å². The molecule has 0 spiro atoms. The van der Waals surface area contributed by atoms with Crippen LogP contribution in [-0.4, -0.2) is 60.5 Å². The van der Waals surface area contributed by atoms with Gasteiger partial charge in [-0.15, -0.1) is 12.4 Å². The molecule has 1 unspecified atom stereocenters. The van der Waals surface area contributed by atoms with Gasteiger partial charge in [0.15, 0.2) is 0 Å². The standard InChI is InChI=1S/C13H27N3O.ClH/c1-10(2)16(11(3)4)13(17)9-15-7-6-12(8-15)14-5;/h10-12,14H,6-9H2,1-5H3;1H. The van der Waals surface area contributed by atoms with E-state index in [2.05, 4.69) is 37.9 Å². The van der Waals surface area contributed by atoms with Gasteiger partial charge in [0.2, 0.25) is 5.91 Å². The average Bonchev–Trinajstić information content (AvgIpc) is 2.64.